The quantitative estimate of drug-likeness (QED) is 0.154. The van der Waals surface area contributed by atoms with Gasteiger partial charge in [0.1, 0.15) is 73.2 Å². The van der Waals surface area contributed by atoms with Crippen LogP contribution in [0, 0.1) is 0 Å². The van der Waals surface area contributed by atoms with Crippen LogP contribution in [-0.2, 0) is 23.7 Å². The van der Waals surface area contributed by atoms with Gasteiger partial charge in [-0.15, -0.1) is 0 Å². The predicted octanol–water partition coefficient (Wildman–Crippen LogP) is -7.57. The van der Waals surface area contributed by atoms with Gasteiger partial charge in [-0.3, -0.25) is 0 Å². The first kappa shape index (κ1) is 27.9. The molecule has 0 unspecified atom stereocenters. The number of hydrogen-bond donors (Lipinski definition) is 11. The van der Waals surface area contributed by atoms with E-state index in [2.05, 4.69) is 0 Å². The number of rotatable bonds is 7. The van der Waals surface area contributed by atoms with Crippen molar-refractivity contribution in [3.05, 3.63) is 0 Å². The minimum Gasteiger partial charge on any atom is -0.394 e. The second-order valence-electron chi connectivity index (χ2n) is 8.33. The van der Waals surface area contributed by atoms with Crippen LogP contribution in [0.1, 0.15) is 0 Å². The molecule has 3 aliphatic rings. The van der Waals surface area contributed by atoms with Crippen LogP contribution >= 0.6 is 0 Å². The van der Waals surface area contributed by atoms with E-state index in [9.17, 15) is 56.2 Å². The van der Waals surface area contributed by atoms with E-state index < -0.39 is 112 Å². The summed E-state index contributed by atoms with van der Waals surface area (Å²) in [5.41, 5.74) is 0. The van der Waals surface area contributed by atoms with Crippen molar-refractivity contribution in [2.45, 2.75) is 92.1 Å². The maximum atomic E-state index is 10.6. The van der Waals surface area contributed by atoms with E-state index in [1.165, 1.54) is 0 Å². The number of ether oxygens (including phenoxy) is 5. The van der Waals surface area contributed by atoms with E-state index >= 15 is 0 Å². The maximum absolute atomic E-state index is 10.6. The minimum atomic E-state index is -1.91. The molecule has 0 radical (unpaired) electrons. The fourth-order valence-electron chi connectivity index (χ4n) is 4.06. The highest BCUT2D eigenvalue weighted by molar-refractivity contribution is 4.96. The Morgan fingerprint density at radius 3 is 1.35 bits per heavy atom. The molecule has 3 rings (SSSR count). The molecule has 0 aromatic heterocycles. The van der Waals surface area contributed by atoms with Gasteiger partial charge in [0.15, 0.2) is 18.9 Å². The van der Waals surface area contributed by atoms with Crippen LogP contribution in [0.3, 0.4) is 0 Å². The van der Waals surface area contributed by atoms with Crippen molar-refractivity contribution in [2.75, 3.05) is 19.8 Å². The van der Waals surface area contributed by atoms with Gasteiger partial charge in [0.05, 0.1) is 19.8 Å². The molecule has 0 aromatic carbocycles. The van der Waals surface area contributed by atoms with Gasteiger partial charge in [0, 0.05) is 0 Å². The lowest BCUT2D eigenvalue weighted by molar-refractivity contribution is -0.377. The highest BCUT2D eigenvalue weighted by Crippen LogP contribution is 2.32. The molecule has 3 saturated heterocycles. The van der Waals surface area contributed by atoms with Crippen molar-refractivity contribution >= 4 is 0 Å². The molecule has 0 saturated carbocycles. The van der Waals surface area contributed by atoms with Gasteiger partial charge in [0.25, 0.3) is 0 Å². The Bertz CT molecular complexity index is 635. The molecule has 3 fully saturated rings. The lowest BCUT2D eigenvalue weighted by atomic mass is 9.96. The Kier molecular flexibility index (Phi) is 9.54. The van der Waals surface area contributed by atoms with Crippen LogP contribution in [0.25, 0.3) is 0 Å². The van der Waals surface area contributed by atoms with Crippen molar-refractivity contribution in [1.82, 2.24) is 0 Å². The van der Waals surface area contributed by atoms with Crippen LogP contribution in [-0.4, -0.2) is 168 Å². The summed E-state index contributed by atoms with van der Waals surface area (Å²) in [5.74, 6) is 0. The minimum absolute atomic E-state index is 0.741. The second-order valence-corrected chi connectivity index (χ2v) is 8.33. The van der Waals surface area contributed by atoms with Gasteiger partial charge in [0.2, 0.25) is 0 Å². The Morgan fingerprint density at radius 2 is 0.853 bits per heavy atom. The van der Waals surface area contributed by atoms with Gasteiger partial charge in [-0.1, -0.05) is 0 Å². The van der Waals surface area contributed by atoms with Gasteiger partial charge in [-0.25, -0.2) is 0 Å². The van der Waals surface area contributed by atoms with Crippen molar-refractivity contribution in [1.29, 1.82) is 0 Å². The largest absolute Gasteiger partial charge is 0.394 e. The first-order valence-corrected chi connectivity index (χ1v) is 10.6. The Labute approximate surface area is 192 Å². The van der Waals surface area contributed by atoms with Crippen molar-refractivity contribution < 1.29 is 79.9 Å². The van der Waals surface area contributed by atoms with E-state index in [1.54, 1.807) is 0 Å². The highest BCUT2D eigenvalue weighted by atomic mass is 16.8. The molecule has 0 aromatic rings. The average Bonchev–Trinajstić information content (AvgIpc) is 2.83. The Balaban J connectivity index is 1.72. The summed E-state index contributed by atoms with van der Waals surface area (Å²) in [6, 6.07) is 0. The lowest BCUT2D eigenvalue weighted by Crippen LogP contribution is -2.66. The van der Waals surface area contributed by atoms with Crippen molar-refractivity contribution in [2.24, 2.45) is 0 Å². The van der Waals surface area contributed by atoms with Crippen LogP contribution in [0.5, 0.6) is 0 Å². The Hall–Kier alpha value is -0.640. The lowest BCUT2D eigenvalue weighted by Gasteiger charge is -2.47. The van der Waals surface area contributed by atoms with E-state index in [4.69, 9.17) is 23.7 Å². The smallest absolute Gasteiger partial charge is 0.187 e. The van der Waals surface area contributed by atoms with E-state index in [0.717, 1.165) is 0 Å². The van der Waals surface area contributed by atoms with Gasteiger partial charge in [-0.05, 0) is 0 Å². The fourth-order valence-corrected chi connectivity index (χ4v) is 4.06. The first-order chi connectivity index (χ1) is 16.0. The summed E-state index contributed by atoms with van der Waals surface area (Å²) in [4.78, 5) is 0. The zero-order chi connectivity index (χ0) is 25.3. The third-order valence-electron chi connectivity index (χ3n) is 6.09. The number of hydrogen-bond acceptors (Lipinski definition) is 16. The second kappa shape index (κ2) is 11.6. The molecule has 16 nitrogen and oxygen atoms in total. The predicted molar refractivity (Wildman–Crippen MR) is 101 cm³/mol. The van der Waals surface area contributed by atoms with Crippen LogP contribution in [0.2, 0.25) is 0 Å². The van der Waals surface area contributed by atoms with Crippen LogP contribution < -0.4 is 0 Å². The van der Waals surface area contributed by atoms with Gasteiger partial charge < -0.3 is 79.9 Å². The van der Waals surface area contributed by atoms with E-state index in [1.807, 2.05) is 0 Å². The maximum Gasteiger partial charge on any atom is 0.187 e. The monoisotopic (exact) mass is 504 g/mol. The summed E-state index contributed by atoms with van der Waals surface area (Å²) in [6.07, 6.45) is -25.1. The molecule has 16 heteroatoms. The molecule has 0 bridgehead atoms. The number of aliphatic hydroxyl groups is 11. The molecule has 34 heavy (non-hydrogen) atoms. The molecule has 3 aliphatic heterocycles. The third-order valence-corrected chi connectivity index (χ3v) is 6.09. The molecule has 0 spiro atoms. The van der Waals surface area contributed by atoms with Crippen LogP contribution in [0.15, 0.2) is 0 Å². The van der Waals surface area contributed by atoms with Gasteiger partial charge >= 0.3 is 0 Å². The molecule has 0 amide bonds. The molecule has 3 heterocycles. The van der Waals surface area contributed by atoms with E-state index in [0.29, 0.717) is 0 Å². The zero-order valence-corrected chi connectivity index (χ0v) is 17.7. The van der Waals surface area contributed by atoms with Gasteiger partial charge in [-0.2, -0.15) is 0 Å². The molecular formula is C18H32O16. The molecule has 200 valence electrons. The zero-order valence-electron chi connectivity index (χ0n) is 17.7. The van der Waals surface area contributed by atoms with Crippen molar-refractivity contribution in [3.8, 4) is 0 Å². The topological polar surface area (TPSA) is 269 Å². The van der Waals surface area contributed by atoms with Crippen LogP contribution in [0.4, 0.5) is 0 Å². The van der Waals surface area contributed by atoms with E-state index in [-0.39, 0.29) is 0 Å². The average molecular weight is 504 g/mol. The molecule has 11 N–H and O–H groups in total. The number of aliphatic hydroxyl groups excluding tert-OH is 11. The summed E-state index contributed by atoms with van der Waals surface area (Å²) in [5, 5.41) is 109. The SMILES string of the molecule is OC[C@H]1O[C@@H](O[C@H]2[C@H](O)[C@@H](O)[C@H](O[C@H]3[C@H](O)[C@@H](O)[C@H](O)O[C@@H]3CO)O[C@@H]2CO)[C@H](O)[C@@H](O)[C@@H]1O. The molecular weight excluding hydrogens is 472 g/mol. The standard InChI is InChI=1S/C18H32O16/c19-1-4-7(22)8(23)12(27)17(31-4)34-15-6(3-21)32-18(13(28)10(15)25)33-14-5(2-20)30-16(29)11(26)9(14)24/h4-29H,1-3H2/t4-,5-,6-,7-,8+,9-,10-,11-,12-,13-,14-,15-,16-,17+,18+/m1/s1. The normalized spacial score (nSPS) is 52.5. The third kappa shape index (κ3) is 5.37. The summed E-state index contributed by atoms with van der Waals surface area (Å²) >= 11 is 0. The molecule has 15 atom stereocenters. The molecule has 0 aliphatic carbocycles. The van der Waals surface area contributed by atoms with Crippen molar-refractivity contribution in [3.63, 3.8) is 0 Å². The summed E-state index contributed by atoms with van der Waals surface area (Å²) in [6.45, 7) is -2.32. The summed E-state index contributed by atoms with van der Waals surface area (Å²) in [7, 11) is 0. The fraction of sp³-hybridized carbons (Fsp3) is 1.00. The highest BCUT2D eigenvalue weighted by Gasteiger charge is 2.53. The Morgan fingerprint density at radius 1 is 0.441 bits per heavy atom. The first-order valence-electron chi connectivity index (χ1n) is 10.6. The summed E-state index contributed by atoms with van der Waals surface area (Å²) < 4.78 is 26.4.